The van der Waals surface area contributed by atoms with Gasteiger partial charge in [-0.2, -0.15) is 0 Å². The molecule has 1 heterocycles. The fourth-order valence-corrected chi connectivity index (χ4v) is 4.78. The fraction of sp³-hybridized carbons (Fsp3) is 0.312. The maximum atomic E-state index is 13.5. The Balaban J connectivity index is 1.91. The van der Waals surface area contributed by atoms with Crippen molar-refractivity contribution >= 4 is 23.1 Å². The second-order valence-electron chi connectivity index (χ2n) is 11.0. The Kier molecular flexibility index (Phi) is 7.00. The molecule has 3 aromatic rings. The molecule has 1 unspecified atom stereocenters. The first-order chi connectivity index (χ1) is 17.4. The van der Waals surface area contributed by atoms with Crippen molar-refractivity contribution in [3.63, 3.8) is 0 Å². The molecule has 5 nitrogen and oxygen atoms in total. The summed E-state index contributed by atoms with van der Waals surface area (Å²) in [7, 11) is 1.58. The van der Waals surface area contributed by atoms with Crippen LogP contribution in [0.25, 0.3) is 5.76 Å². The summed E-state index contributed by atoms with van der Waals surface area (Å²) < 4.78 is 5.35. The summed E-state index contributed by atoms with van der Waals surface area (Å²) in [5.74, 6) is -0.548. The first-order valence-corrected chi connectivity index (χ1v) is 12.6. The van der Waals surface area contributed by atoms with E-state index in [1.54, 1.807) is 25.3 Å². The summed E-state index contributed by atoms with van der Waals surface area (Å²) in [6, 6.07) is 20.1. The van der Waals surface area contributed by atoms with Crippen LogP contribution < -0.4 is 9.64 Å². The van der Waals surface area contributed by atoms with Gasteiger partial charge in [0.2, 0.25) is 0 Å². The molecule has 1 N–H and O–H groups in total. The fourth-order valence-electron chi connectivity index (χ4n) is 4.78. The second kappa shape index (κ2) is 9.89. The molecule has 0 saturated carbocycles. The van der Waals surface area contributed by atoms with Crippen LogP contribution >= 0.6 is 0 Å². The third kappa shape index (κ3) is 4.91. The molecule has 1 atom stereocenters. The van der Waals surface area contributed by atoms with E-state index < -0.39 is 17.7 Å². The molecule has 0 aliphatic carbocycles. The molecule has 1 saturated heterocycles. The van der Waals surface area contributed by atoms with Crippen molar-refractivity contribution in [1.29, 1.82) is 0 Å². The summed E-state index contributed by atoms with van der Waals surface area (Å²) in [6.45, 7) is 12.5. The second-order valence-corrected chi connectivity index (χ2v) is 11.0. The van der Waals surface area contributed by atoms with Gasteiger partial charge in [0.25, 0.3) is 11.7 Å². The molecule has 37 heavy (non-hydrogen) atoms. The molecule has 1 fully saturated rings. The number of amides is 1. The molecule has 1 amide bonds. The number of ketones is 1. The number of hydrogen-bond donors (Lipinski definition) is 1. The maximum Gasteiger partial charge on any atom is 0.300 e. The average molecular weight is 498 g/mol. The largest absolute Gasteiger partial charge is 0.507 e. The number of nitrogens with zero attached hydrogens (tertiary/aromatic N) is 1. The van der Waals surface area contributed by atoms with Crippen LogP contribution in [0.15, 0.2) is 72.3 Å². The van der Waals surface area contributed by atoms with Crippen molar-refractivity contribution in [3.05, 3.63) is 100 Å². The van der Waals surface area contributed by atoms with Crippen molar-refractivity contribution in [3.8, 4) is 5.75 Å². The van der Waals surface area contributed by atoms with Gasteiger partial charge in [0.1, 0.15) is 11.5 Å². The van der Waals surface area contributed by atoms with Crippen LogP contribution in [0, 0.1) is 6.92 Å². The van der Waals surface area contributed by atoms with Gasteiger partial charge in [-0.05, 0) is 70.8 Å². The summed E-state index contributed by atoms with van der Waals surface area (Å²) in [4.78, 5) is 28.4. The van der Waals surface area contributed by atoms with Crippen molar-refractivity contribution in [2.75, 3.05) is 12.0 Å². The van der Waals surface area contributed by atoms with Crippen molar-refractivity contribution in [1.82, 2.24) is 0 Å². The molecular weight excluding hydrogens is 462 g/mol. The SMILES string of the molecule is COc1ccc(/C(O)=C2/C(=O)C(=O)N(c3ccc(C(C)C)cc3)C2c2ccc(C(C)(C)C)cc2)cc1C. The number of aryl methyl sites for hydroxylation is 1. The Morgan fingerprint density at radius 2 is 1.57 bits per heavy atom. The van der Waals surface area contributed by atoms with E-state index >= 15 is 0 Å². The molecule has 192 valence electrons. The number of carbonyl (C=O) groups is 2. The number of ether oxygens (including phenoxy) is 1. The van der Waals surface area contributed by atoms with E-state index in [1.807, 2.05) is 55.5 Å². The lowest BCUT2D eigenvalue weighted by Crippen LogP contribution is -2.29. The van der Waals surface area contributed by atoms with E-state index in [-0.39, 0.29) is 16.7 Å². The standard InChI is InChI=1S/C32H35NO4/c1-19(2)21-10-15-25(16-11-21)33-28(22-8-13-24(14-9-22)32(4,5)6)27(30(35)31(33)36)29(34)23-12-17-26(37-7)20(3)18-23/h8-19,28,34H,1-7H3/b29-27-. The molecule has 5 heteroatoms. The minimum absolute atomic E-state index is 0.0480. The zero-order chi connectivity index (χ0) is 27.1. The van der Waals surface area contributed by atoms with Crippen LogP contribution in [0.4, 0.5) is 5.69 Å². The van der Waals surface area contributed by atoms with Gasteiger partial charge in [0, 0.05) is 11.3 Å². The number of methoxy groups -OCH3 is 1. The number of benzene rings is 3. The number of carbonyl (C=O) groups excluding carboxylic acids is 2. The maximum absolute atomic E-state index is 13.5. The zero-order valence-electron chi connectivity index (χ0n) is 22.6. The van der Waals surface area contributed by atoms with E-state index in [9.17, 15) is 14.7 Å². The number of aliphatic hydroxyl groups is 1. The summed E-state index contributed by atoms with van der Waals surface area (Å²) in [5.41, 5.74) is 4.95. The van der Waals surface area contributed by atoms with E-state index in [0.29, 0.717) is 22.9 Å². The minimum atomic E-state index is -0.763. The third-order valence-corrected chi connectivity index (χ3v) is 7.04. The number of hydrogen-bond acceptors (Lipinski definition) is 4. The molecular formula is C32H35NO4. The molecule has 0 aromatic heterocycles. The van der Waals surface area contributed by atoms with Crippen molar-refractivity contribution in [2.24, 2.45) is 0 Å². The van der Waals surface area contributed by atoms with Gasteiger partial charge in [-0.1, -0.05) is 71.0 Å². The van der Waals surface area contributed by atoms with E-state index in [0.717, 1.165) is 22.3 Å². The predicted octanol–water partition coefficient (Wildman–Crippen LogP) is 7.05. The lowest BCUT2D eigenvalue weighted by Gasteiger charge is -2.27. The van der Waals surface area contributed by atoms with E-state index in [1.165, 1.54) is 4.90 Å². The normalized spacial score (nSPS) is 17.5. The van der Waals surface area contributed by atoms with Gasteiger partial charge in [-0.3, -0.25) is 14.5 Å². The first kappa shape index (κ1) is 26.2. The Bertz CT molecular complexity index is 1360. The molecule has 4 rings (SSSR count). The van der Waals surface area contributed by atoms with Gasteiger partial charge < -0.3 is 9.84 Å². The Morgan fingerprint density at radius 3 is 2.08 bits per heavy atom. The van der Waals surface area contributed by atoms with Gasteiger partial charge in [-0.15, -0.1) is 0 Å². The number of Topliss-reactive ketones (excluding diaryl/α,β-unsaturated/α-hetero) is 1. The Hall–Kier alpha value is -3.86. The van der Waals surface area contributed by atoms with Crippen molar-refractivity contribution < 1.29 is 19.4 Å². The van der Waals surface area contributed by atoms with Gasteiger partial charge in [0.05, 0.1) is 18.7 Å². The predicted molar refractivity (Wildman–Crippen MR) is 148 cm³/mol. The number of rotatable bonds is 5. The van der Waals surface area contributed by atoms with Gasteiger partial charge >= 0.3 is 0 Å². The van der Waals surface area contributed by atoms with Gasteiger partial charge in [-0.25, -0.2) is 0 Å². The smallest absolute Gasteiger partial charge is 0.300 e. The quantitative estimate of drug-likeness (QED) is 0.233. The molecule has 1 aliphatic rings. The zero-order valence-corrected chi connectivity index (χ0v) is 22.6. The highest BCUT2D eigenvalue weighted by Crippen LogP contribution is 2.43. The molecule has 1 aliphatic heterocycles. The lowest BCUT2D eigenvalue weighted by atomic mass is 9.85. The Labute approximate surface area is 219 Å². The van der Waals surface area contributed by atoms with Gasteiger partial charge in [0.15, 0.2) is 0 Å². The summed E-state index contributed by atoms with van der Waals surface area (Å²) >= 11 is 0. The minimum Gasteiger partial charge on any atom is -0.507 e. The highest BCUT2D eigenvalue weighted by molar-refractivity contribution is 6.51. The van der Waals surface area contributed by atoms with Crippen LogP contribution in [-0.2, 0) is 15.0 Å². The van der Waals surface area contributed by atoms with Crippen LogP contribution in [-0.4, -0.2) is 23.9 Å². The molecule has 0 radical (unpaired) electrons. The van der Waals surface area contributed by atoms with E-state index in [4.69, 9.17) is 4.74 Å². The van der Waals surface area contributed by atoms with Crippen LogP contribution in [0.5, 0.6) is 5.75 Å². The molecule has 0 bridgehead atoms. The average Bonchev–Trinajstić information content (AvgIpc) is 3.13. The topological polar surface area (TPSA) is 66.8 Å². The monoisotopic (exact) mass is 497 g/mol. The highest BCUT2D eigenvalue weighted by atomic mass is 16.5. The van der Waals surface area contributed by atoms with Crippen LogP contribution in [0.2, 0.25) is 0 Å². The number of anilines is 1. The first-order valence-electron chi connectivity index (χ1n) is 12.6. The Morgan fingerprint density at radius 1 is 0.946 bits per heavy atom. The third-order valence-electron chi connectivity index (χ3n) is 7.04. The van der Waals surface area contributed by atoms with Crippen LogP contribution in [0.1, 0.15) is 74.4 Å². The summed E-state index contributed by atoms with van der Waals surface area (Å²) in [5, 5.41) is 11.4. The van der Waals surface area contributed by atoms with E-state index in [2.05, 4.69) is 34.6 Å². The highest BCUT2D eigenvalue weighted by Gasteiger charge is 2.47. The van der Waals surface area contributed by atoms with Crippen molar-refractivity contribution in [2.45, 2.75) is 58.9 Å². The number of aliphatic hydroxyl groups excluding tert-OH is 1. The molecule has 0 spiro atoms. The molecule has 3 aromatic carbocycles. The van der Waals surface area contributed by atoms with Crippen LogP contribution in [0.3, 0.4) is 0 Å². The lowest BCUT2D eigenvalue weighted by molar-refractivity contribution is -0.132. The summed E-state index contributed by atoms with van der Waals surface area (Å²) in [6.07, 6.45) is 0.